The highest BCUT2D eigenvalue weighted by Gasteiger charge is 2.10. The number of hydrogen-bond acceptors (Lipinski definition) is 5. The van der Waals surface area contributed by atoms with E-state index in [9.17, 15) is 0 Å². The Kier molecular flexibility index (Phi) is 7.70. The van der Waals surface area contributed by atoms with Gasteiger partial charge in [0.15, 0.2) is 0 Å². The molecule has 0 bridgehead atoms. The largest absolute Gasteiger partial charge is 0.362 e. The third-order valence-corrected chi connectivity index (χ3v) is 5.60. The molecule has 6 heteroatoms. The van der Waals surface area contributed by atoms with Crippen LogP contribution in [0.25, 0.3) is 5.57 Å². The fourth-order valence-corrected chi connectivity index (χ4v) is 3.95. The number of anilines is 1. The number of H-pyrrole nitrogens is 1. The zero-order chi connectivity index (χ0) is 19.6. The van der Waals surface area contributed by atoms with E-state index < -0.39 is 0 Å². The summed E-state index contributed by atoms with van der Waals surface area (Å²) in [4.78, 5) is 6.68. The van der Waals surface area contributed by atoms with E-state index in [1.807, 2.05) is 37.2 Å². The van der Waals surface area contributed by atoms with E-state index in [-0.39, 0.29) is 0 Å². The van der Waals surface area contributed by atoms with Gasteiger partial charge in [-0.25, -0.2) is 0 Å². The van der Waals surface area contributed by atoms with Gasteiger partial charge in [-0.3, -0.25) is 15.0 Å². The highest BCUT2D eigenvalue weighted by atomic mass is 32.2. The molecule has 0 saturated carbocycles. The van der Waals surface area contributed by atoms with Crippen molar-refractivity contribution >= 4 is 29.2 Å². The Morgan fingerprint density at radius 1 is 1.32 bits per heavy atom. The van der Waals surface area contributed by atoms with E-state index in [1.165, 1.54) is 36.4 Å². The molecule has 1 aliphatic heterocycles. The van der Waals surface area contributed by atoms with Crippen LogP contribution < -0.4 is 5.32 Å². The van der Waals surface area contributed by atoms with Gasteiger partial charge in [0.2, 0.25) is 0 Å². The molecule has 0 spiro atoms. The Bertz CT molecular complexity index is 828. The second-order valence-corrected chi connectivity index (χ2v) is 7.82. The van der Waals surface area contributed by atoms with Gasteiger partial charge in [0.1, 0.15) is 0 Å². The normalized spacial score (nSPS) is 16.5. The van der Waals surface area contributed by atoms with Crippen molar-refractivity contribution in [3.8, 4) is 0 Å². The molecule has 0 atom stereocenters. The van der Waals surface area contributed by atoms with E-state index in [0.29, 0.717) is 0 Å². The maximum atomic E-state index is 4.16. The van der Waals surface area contributed by atoms with E-state index in [1.54, 1.807) is 12.4 Å². The van der Waals surface area contributed by atoms with Crippen LogP contribution in [0.5, 0.6) is 0 Å². The van der Waals surface area contributed by atoms with Crippen LogP contribution in [0.3, 0.4) is 0 Å². The number of aliphatic imine (C=N–C) groups is 1. The highest BCUT2D eigenvalue weighted by Crippen LogP contribution is 2.18. The topological polar surface area (TPSA) is 56.3 Å². The second-order valence-electron chi connectivity index (χ2n) is 6.59. The van der Waals surface area contributed by atoms with Crippen molar-refractivity contribution in [3.63, 3.8) is 0 Å². The molecule has 1 saturated heterocycles. The summed E-state index contributed by atoms with van der Waals surface area (Å²) in [6, 6.07) is 8.65. The lowest BCUT2D eigenvalue weighted by molar-refractivity contribution is 0.294. The number of rotatable bonds is 8. The molecule has 0 radical (unpaired) electrons. The molecule has 2 heterocycles. The molecular weight excluding hydrogens is 366 g/mol. The summed E-state index contributed by atoms with van der Waals surface area (Å²) < 4.78 is 0. The van der Waals surface area contributed by atoms with Gasteiger partial charge in [-0.1, -0.05) is 18.7 Å². The van der Waals surface area contributed by atoms with Gasteiger partial charge in [-0.05, 0) is 41.8 Å². The summed E-state index contributed by atoms with van der Waals surface area (Å²) in [6.45, 7) is 9.10. The van der Waals surface area contributed by atoms with Crippen LogP contribution in [0, 0.1) is 0 Å². The number of allylic oxidation sites excluding steroid dienone is 3. The Hall–Kier alpha value is -2.57. The van der Waals surface area contributed by atoms with Gasteiger partial charge in [0.05, 0.1) is 6.20 Å². The predicted octanol–water partition coefficient (Wildman–Crippen LogP) is 4.57. The van der Waals surface area contributed by atoms with E-state index in [0.717, 1.165) is 28.9 Å². The van der Waals surface area contributed by atoms with E-state index >= 15 is 0 Å². The van der Waals surface area contributed by atoms with Crippen LogP contribution in [0.2, 0.25) is 0 Å². The fraction of sp³-hybridized carbons (Fsp3) is 0.273. The number of thioether (sulfide) groups is 1. The Balaban J connectivity index is 1.62. The van der Waals surface area contributed by atoms with Gasteiger partial charge >= 0.3 is 0 Å². The van der Waals surface area contributed by atoms with Crippen molar-refractivity contribution in [1.29, 1.82) is 0 Å². The monoisotopic (exact) mass is 393 g/mol. The zero-order valence-electron chi connectivity index (χ0n) is 16.3. The minimum Gasteiger partial charge on any atom is -0.362 e. The Labute approximate surface area is 171 Å². The number of aromatic amines is 1. The molecule has 0 unspecified atom stereocenters. The molecule has 146 valence electrons. The van der Waals surface area contributed by atoms with E-state index in [4.69, 9.17) is 0 Å². The lowest BCUT2D eigenvalue weighted by Crippen LogP contribution is -2.31. The van der Waals surface area contributed by atoms with Crippen LogP contribution in [0.1, 0.15) is 18.1 Å². The van der Waals surface area contributed by atoms with Crippen molar-refractivity contribution in [2.24, 2.45) is 4.99 Å². The molecule has 1 aromatic carbocycles. The summed E-state index contributed by atoms with van der Waals surface area (Å²) >= 11 is 2.05. The third-order valence-electron chi connectivity index (χ3n) is 4.66. The average molecular weight is 394 g/mol. The van der Waals surface area contributed by atoms with E-state index in [2.05, 4.69) is 56.3 Å². The fourth-order valence-electron chi connectivity index (χ4n) is 2.97. The molecule has 1 fully saturated rings. The molecule has 28 heavy (non-hydrogen) atoms. The van der Waals surface area contributed by atoms with Crippen molar-refractivity contribution in [3.05, 3.63) is 78.4 Å². The van der Waals surface area contributed by atoms with Gasteiger partial charge in [-0.2, -0.15) is 16.9 Å². The van der Waals surface area contributed by atoms with Crippen LogP contribution in [-0.2, 0) is 6.54 Å². The van der Waals surface area contributed by atoms with Crippen molar-refractivity contribution < 1.29 is 0 Å². The third kappa shape index (κ3) is 5.97. The number of hydrogen-bond donors (Lipinski definition) is 2. The molecular formula is C22H27N5S. The summed E-state index contributed by atoms with van der Waals surface area (Å²) in [6.07, 6.45) is 11.0. The molecule has 1 aromatic heterocycles. The number of nitrogens with zero attached hydrogens (tertiary/aromatic N) is 3. The molecule has 5 nitrogen and oxygen atoms in total. The number of nitrogens with one attached hydrogen (secondary N) is 2. The van der Waals surface area contributed by atoms with Gasteiger partial charge in [0.25, 0.3) is 0 Å². The zero-order valence-corrected chi connectivity index (χ0v) is 17.1. The van der Waals surface area contributed by atoms with Crippen molar-refractivity contribution in [2.45, 2.75) is 13.5 Å². The second kappa shape index (κ2) is 10.7. The number of benzene rings is 1. The lowest BCUT2D eigenvalue weighted by atomic mass is 10.1. The molecule has 2 aromatic rings. The molecule has 1 aliphatic rings. The van der Waals surface area contributed by atoms with Crippen LogP contribution in [0.15, 0.2) is 72.3 Å². The first-order valence-electron chi connectivity index (χ1n) is 9.42. The quantitative estimate of drug-likeness (QED) is 0.509. The Morgan fingerprint density at radius 2 is 2.11 bits per heavy atom. The minimum atomic E-state index is 0.994. The SMILES string of the molecule is C=CN=CC(/C=C/Nc1ccc(CN2CCSCC2)cc1)=C(\C)c1cn[nH]c1. The smallest absolute Gasteiger partial charge is 0.0562 e. The molecule has 0 amide bonds. The summed E-state index contributed by atoms with van der Waals surface area (Å²) in [5.74, 6) is 2.49. The minimum absolute atomic E-state index is 0.994. The molecule has 0 aliphatic carbocycles. The van der Waals surface area contributed by atoms with Crippen LogP contribution >= 0.6 is 11.8 Å². The maximum Gasteiger partial charge on any atom is 0.0562 e. The number of aromatic nitrogens is 2. The van der Waals surface area contributed by atoms with Crippen molar-refractivity contribution in [2.75, 3.05) is 29.9 Å². The average Bonchev–Trinajstić information content (AvgIpc) is 3.27. The first kappa shape index (κ1) is 20.2. The molecule has 2 N–H and O–H groups in total. The first-order chi connectivity index (χ1) is 13.8. The van der Waals surface area contributed by atoms with Gasteiger partial charge in [0, 0.05) is 67.2 Å². The summed E-state index contributed by atoms with van der Waals surface area (Å²) in [7, 11) is 0. The lowest BCUT2D eigenvalue weighted by Gasteiger charge is -2.26. The van der Waals surface area contributed by atoms with Gasteiger partial charge in [-0.15, -0.1) is 0 Å². The van der Waals surface area contributed by atoms with Crippen molar-refractivity contribution in [1.82, 2.24) is 15.1 Å². The Morgan fingerprint density at radius 3 is 2.79 bits per heavy atom. The predicted molar refractivity (Wildman–Crippen MR) is 122 cm³/mol. The van der Waals surface area contributed by atoms with Crippen LogP contribution in [-0.4, -0.2) is 45.9 Å². The highest BCUT2D eigenvalue weighted by molar-refractivity contribution is 7.99. The van der Waals surface area contributed by atoms with Gasteiger partial charge < -0.3 is 5.32 Å². The van der Waals surface area contributed by atoms with Crippen LogP contribution in [0.4, 0.5) is 5.69 Å². The standard InChI is InChI=1S/C22H27N5S/c1-3-23-14-20(18(2)21-15-25-26-16-21)8-9-24-22-6-4-19(5-7-22)17-27-10-12-28-13-11-27/h3-9,14-16,24H,1,10-13,17H2,2H3,(H,25,26)/b9-8+,20-18+,23-14?. The maximum absolute atomic E-state index is 4.16. The summed E-state index contributed by atoms with van der Waals surface area (Å²) in [5, 5.41) is 10.2. The summed E-state index contributed by atoms with van der Waals surface area (Å²) in [5.41, 5.74) is 5.54. The molecule has 3 rings (SSSR count). The first-order valence-corrected chi connectivity index (χ1v) is 10.6.